The van der Waals surface area contributed by atoms with Crippen molar-refractivity contribution in [3.05, 3.63) is 30.2 Å². The maximum absolute atomic E-state index is 5.40. The number of fused-ring (bicyclic) bond motifs is 1. The second kappa shape index (κ2) is 10.6. The SMILES string of the molecule is CN=C(NCc1nnc2ccccn12)NCC(C)CN1CCOCC1.I. The topological polar surface area (TPSA) is 79.1 Å². The van der Waals surface area contributed by atoms with Crippen molar-refractivity contribution >= 4 is 35.6 Å². The number of nitrogens with one attached hydrogen (secondary N) is 2. The first-order valence-corrected chi connectivity index (χ1v) is 8.79. The van der Waals surface area contributed by atoms with E-state index in [0.717, 1.165) is 56.8 Å². The lowest BCUT2D eigenvalue weighted by Crippen LogP contribution is -2.43. The smallest absolute Gasteiger partial charge is 0.191 e. The van der Waals surface area contributed by atoms with Crippen LogP contribution >= 0.6 is 24.0 Å². The van der Waals surface area contributed by atoms with E-state index >= 15 is 0 Å². The van der Waals surface area contributed by atoms with E-state index in [1.165, 1.54) is 0 Å². The van der Waals surface area contributed by atoms with Crippen molar-refractivity contribution in [1.82, 2.24) is 30.1 Å². The lowest BCUT2D eigenvalue weighted by Gasteiger charge is -2.29. The highest BCUT2D eigenvalue weighted by molar-refractivity contribution is 14.0. The molecule has 1 aliphatic heterocycles. The predicted octanol–water partition coefficient (Wildman–Crippen LogP) is 0.981. The van der Waals surface area contributed by atoms with Crippen LogP contribution in [0.25, 0.3) is 5.65 Å². The van der Waals surface area contributed by atoms with Gasteiger partial charge in [0.2, 0.25) is 0 Å². The minimum Gasteiger partial charge on any atom is -0.379 e. The summed E-state index contributed by atoms with van der Waals surface area (Å²) in [6.07, 6.45) is 1.97. The first kappa shape index (κ1) is 20.8. The van der Waals surface area contributed by atoms with Gasteiger partial charge in [0.1, 0.15) is 0 Å². The van der Waals surface area contributed by atoms with Crippen LogP contribution in [0.15, 0.2) is 29.4 Å². The summed E-state index contributed by atoms with van der Waals surface area (Å²) in [5.41, 5.74) is 0.848. The number of morpholine rings is 1. The molecule has 0 saturated carbocycles. The third-order valence-electron chi connectivity index (χ3n) is 4.31. The molecule has 8 nitrogen and oxygen atoms in total. The van der Waals surface area contributed by atoms with Crippen molar-refractivity contribution in [2.24, 2.45) is 10.9 Å². The van der Waals surface area contributed by atoms with Gasteiger partial charge in [-0.05, 0) is 18.1 Å². The average molecular weight is 473 g/mol. The van der Waals surface area contributed by atoms with Gasteiger partial charge in [-0.3, -0.25) is 14.3 Å². The predicted molar refractivity (Wildman–Crippen MR) is 113 cm³/mol. The minimum atomic E-state index is 0. The van der Waals surface area contributed by atoms with Crippen LogP contribution < -0.4 is 10.6 Å². The molecule has 1 aliphatic rings. The summed E-state index contributed by atoms with van der Waals surface area (Å²) in [4.78, 5) is 6.74. The zero-order valence-electron chi connectivity index (χ0n) is 15.4. The molecule has 0 aliphatic carbocycles. The van der Waals surface area contributed by atoms with Crippen LogP contribution in [0, 0.1) is 5.92 Å². The van der Waals surface area contributed by atoms with Crippen LogP contribution in [0.2, 0.25) is 0 Å². The Balaban J connectivity index is 0.00000243. The van der Waals surface area contributed by atoms with Crippen LogP contribution in [-0.4, -0.2) is 71.9 Å². The molecule has 3 rings (SSSR count). The Labute approximate surface area is 171 Å². The number of nitrogens with zero attached hydrogens (tertiary/aromatic N) is 5. The monoisotopic (exact) mass is 473 g/mol. The lowest BCUT2D eigenvalue weighted by molar-refractivity contribution is 0.0320. The number of pyridine rings is 1. The van der Waals surface area contributed by atoms with Gasteiger partial charge in [0, 0.05) is 39.4 Å². The van der Waals surface area contributed by atoms with Crippen molar-refractivity contribution in [3.63, 3.8) is 0 Å². The van der Waals surface area contributed by atoms with Gasteiger partial charge in [-0.2, -0.15) is 0 Å². The number of aromatic nitrogens is 3. The number of ether oxygens (including phenoxy) is 1. The van der Waals surface area contributed by atoms with E-state index in [1.807, 2.05) is 28.8 Å². The third kappa shape index (κ3) is 5.78. The van der Waals surface area contributed by atoms with Crippen molar-refractivity contribution in [2.75, 3.05) is 46.4 Å². The first-order valence-electron chi connectivity index (χ1n) is 8.79. The fraction of sp³-hybridized carbons (Fsp3) is 0.588. The van der Waals surface area contributed by atoms with Crippen LogP contribution in [0.1, 0.15) is 12.7 Å². The summed E-state index contributed by atoms with van der Waals surface area (Å²) < 4.78 is 7.37. The summed E-state index contributed by atoms with van der Waals surface area (Å²) in [6.45, 7) is 8.50. The first-order chi connectivity index (χ1) is 12.3. The van der Waals surface area contributed by atoms with Crippen molar-refractivity contribution < 1.29 is 4.74 Å². The van der Waals surface area contributed by atoms with Crippen LogP contribution in [0.4, 0.5) is 0 Å². The molecule has 0 amide bonds. The molecule has 2 aromatic rings. The van der Waals surface area contributed by atoms with E-state index in [0.29, 0.717) is 12.5 Å². The quantitative estimate of drug-likeness (QED) is 0.370. The van der Waals surface area contributed by atoms with E-state index in [1.54, 1.807) is 7.05 Å². The molecule has 26 heavy (non-hydrogen) atoms. The Bertz CT molecular complexity index is 699. The highest BCUT2D eigenvalue weighted by Crippen LogP contribution is 2.03. The maximum atomic E-state index is 5.40. The van der Waals surface area contributed by atoms with Crippen LogP contribution in [0.3, 0.4) is 0 Å². The van der Waals surface area contributed by atoms with E-state index < -0.39 is 0 Å². The molecule has 1 fully saturated rings. The average Bonchev–Trinajstić information content (AvgIpc) is 3.06. The molecule has 3 heterocycles. The number of halogens is 1. The number of rotatable bonds is 6. The Morgan fingerprint density at radius 2 is 2.08 bits per heavy atom. The molecule has 1 saturated heterocycles. The summed E-state index contributed by atoms with van der Waals surface area (Å²) in [5.74, 6) is 2.17. The van der Waals surface area contributed by atoms with E-state index in [4.69, 9.17) is 4.74 Å². The highest BCUT2D eigenvalue weighted by atomic mass is 127. The van der Waals surface area contributed by atoms with Gasteiger partial charge in [-0.1, -0.05) is 13.0 Å². The van der Waals surface area contributed by atoms with Crippen molar-refractivity contribution in [2.45, 2.75) is 13.5 Å². The van der Waals surface area contributed by atoms with Gasteiger partial charge < -0.3 is 15.4 Å². The lowest BCUT2D eigenvalue weighted by atomic mass is 10.1. The third-order valence-corrected chi connectivity index (χ3v) is 4.31. The molecule has 0 aromatic carbocycles. The zero-order valence-corrected chi connectivity index (χ0v) is 17.7. The number of guanidine groups is 1. The Hall–Kier alpha value is -1.46. The number of hydrogen-bond acceptors (Lipinski definition) is 5. The second-order valence-corrected chi connectivity index (χ2v) is 6.37. The Kier molecular flexibility index (Phi) is 8.52. The van der Waals surface area contributed by atoms with Gasteiger partial charge >= 0.3 is 0 Å². The van der Waals surface area contributed by atoms with Gasteiger partial charge in [-0.25, -0.2) is 0 Å². The molecule has 0 spiro atoms. The Morgan fingerprint density at radius 1 is 1.27 bits per heavy atom. The number of hydrogen-bond donors (Lipinski definition) is 2. The van der Waals surface area contributed by atoms with Gasteiger partial charge in [0.25, 0.3) is 0 Å². The standard InChI is InChI=1S/C17H27N7O.HI/c1-14(13-23-7-9-25-10-8-23)11-19-17(18-2)20-12-16-22-21-15-5-3-4-6-24(15)16;/h3-6,14H,7-13H2,1-2H3,(H2,18,19,20);1H. The molecule has 1 atom stereocenters. The fourth-order valence-corrected chi connectivity index (χ4v) is 2.95. The number of aliphatic imine (C=N–C) groups is 1. The molecule has 144 valence electrons. The highest BCUT2D eigenvalue weighted by Gasteiger charge is 2.14. The summed E-state index contributed by atoms with van der Waals surface area (Å²) >= 11 is 0. The van der Waals surface area contributed by atoms with Gasteiger partial charge in [0.15, 0.2) is 17.4 Å². The molecule has 2 aromatic heterocycles. The summed E-state index contributed by atoms with van der Waals surface area (Å²) in [5, 5.41) is 15.1. The molecular formula is C17H28IN7O. The van der Waals surface area contributed by atoms with Crippen molar-refractivity contribution in [1.29, 1.82) is 0 Å². The van der Waals surface area contributed by atoms with Crippen LogP contribution in [0.5, 0.6) is 0 Å². The largest absolute Gasteiger partial charge is 0.379 e. The molecule has 1 unspecified atom stereocenters. The van der Waals surface area contributed by atoms with E-state index in [-0.39, 0.29) is 24.0 Å². The fourth-order valence-electron chi connectivity index (χ4n) is 2.95. The van der Waals surface area contributed by atoms with E-state index in [9.17, 15) is 0 Å². The zero-order chi connectivity index (χ0) is 17.5. The van der Waals surface area contributed by atoms with Crippen LogP contribution in [-0.2, 0) is 11.3 Å². The molecule has 9 heteroatoms. The van der Waals surface area contributed by atoms with Gasteiger partial charge in [0.05, 0.1) is 19.8 Å². The molecule has 0 radical (unpaired) electrons. The summed E-state index contributed by atoms with van der Waals surface area (Å²) in [6, 6.07) is 5.87. The van der Waals surface area contributed by atoms with E-state index in [2.05, 4.69) is 37.6 Å². The molecular weight excluding hydrogens is 445 g/mol. The second-order valence-electron chi connectivity index (χ2n) is 6.37. The van der Waals surface area contributed by atoms with Gasteiger partial charge in [-0.15, -0.1) is 34.2 Å². The minimum absolute atomic E-state index is 0. The molecule has 2 N–H and O–H groups in total. The summed E-state index contributed by atoms with van der Waals surface area (Å²) in [7, 11) is 1.78. The van der Waals surface area contributed by atoms with Crippen molar-refractivity contribution in [3.8, 4) is 0 Å². The maximum Gasteiger partial charge on any atom is 0.191 e. The normalized spacial score (nSPS) is 16.9. The Morgan fingerprint density at radius 3 is 2.85 bits per heavy atom. The molecule has 0 bridgehead atoms.